The van der Waals surface area contributed by atoms with Gasteiger partial charge in [-0.3, -0.25) is 0 Å². The molecule has 0 aromatic carbocycles. The number of nitrogens with one attached hydrogen (secondary N) is 1. The van der Waals surface area contributed by atoms with E-state index in [2.05, 4.69) is 26.3 Å². The third-order valence-corrected chi connectivity index (χ3v) is 6.03. The van der Waals surface area contributed by atoms with Crippen molar-refractivity contribution in [2.45, 2.75) is 13.8 Å². The van der Waals surface area contributed by atoms with Gasteiger partial charge in [0, 0.05) is 24.5 Å². The maximum atomic E-state index is 11.6. The van der Waals surface area contributed by atoms with E-state index in [-0.39, 0.29) is 11.5 Å². The fraction of sp³-hybridized carbons (Fsp3) is 0.538. The molecule has 0 spiro atoms. The molecule has 21 heavy (non-hydrogen) atoms. The van der Waals surface area contributed by atoms with Crippen LogP contribution < -0.4 is 10.2 Å². The molecule has 0 unspecified atom stereocenters. The molecule has 8 heteroatoms. The number of aryl methyl sites for hydroxylation is 1. The summed E-state index contributed by atoms with van der Waals surface area (Å²) in [4.78, 5) is 13.3. The molecule has 2 aromatic rings. The van der Waals surface area contributed by atoms with Gasteiger partial charge in [0.05, 0.1) is 16.9 Å². The van der Waals surface area contributed by atoms with Crippen molar-refractivity contribution in [2.75, 3.05) is 41.4 Å². The lowest BCUT2D eigenvalue weighted by Crippen LogP contribution is -2.40. The summed E-state index contributed by atoms with van der Waals surface area (Å²) in [5, 5.41) is 4.16. The van der Waals surface area contributed by atoms with E-state index in [9.17, 15) is 8.42 Å². The first-order valence-corrected chi connectivity index (χ1v) is 9.60. The number of sulfone groups is 1. The van der Waals surface area contributed by atoms with Crippen LogP contribution in [0, 0.1) is 6.92 Å². The van der Waals surface area contributed by atoms with Crippen molar-refractivity contribution >= 4 is 43.2 Å². The van der Waals surface area contributed by atoms with Crippen LogP contribution in [0.3, 0.4) is 0 Å². The molecule has 0 saturated carbocycles. The Morgan fingerprint density at radius 1 is 1.33 bits per heavy atom. The lowest BCUT2D eigenvalue weighted by Gasteiger charge is -2.28. The Kier molecular flexibility index (Phi) is 3.75. The topological polar surface area (TPSA) is 75.2 Å². The van der Waals surface area contributed by atoms with Crippen molar-refractivity contribution in [3.8, 4) is 0 Å². The van der Waals surface area contributed by atoms with E-state index in [1.807, 2.05) is 13.8 Å². The molecular formula is C13H18N4O2S2. The van der Waals surface area contributed by atoms with E-state index in [0.29, 0.717) is 19.0 Å². The highest BCUT2D eigenvalue weighted by Gasteiger charge is 2.25. The van der Waals surface area contributed by atoms with Gasteiger partial charge in [-0.25, -0.2) is 13.4 Å². The molecule has 3 heterocycles. The van der Waals surface area contributed by atoms with Crippen molar-refractivity contribution in [3.05, 3.63) is 10.9 Å². The summed E-state index contributed by atoms with van der Waals surface area (Å²) < 4.78 is 23.2. The zero-order valence-corrected chi connectivity index (χ0v) is 13.7. The number of rotatable bonds is 3. The highest BCUT2D eigenvalue weighted by Crippen LogP contribution is 2.32. The molecule has 1 N–H and O–H groups in total. The van der Waals surface area contributed by atoms with Crippen LogP contribution in [0.4, 0.5) is 11.8 Å². The Labute approximate surface area is 128 Å². The minimum Gasteiger partial charge on any atom is -0.354 e. The highest BCUT2D eigenvalue weighted by atomic mass is 32.2. The summed E-state index contributed by atoms with van der Waals surface area (Å²) in [5.41, 5.74) is 0. The normalized spacial score (nSPS) is 18.1. The molecule has 0 bridgehead atoms. The van der Waals surface area contributed by atoms with E-state index >= 15 is 0 Å². The van der Waals surface area contributed by atoms with Crippen molar-refractivity contribution in [1.29, 1.82) is 0 Å². The van der Waals surface area contributed by atoms with Gasteiger partial charge < -0.3 is 10.2 Å². The number of hydrogen-bond donors (Lipinski definition) is 1. The van der Waals surface area contributed by atoms with E-state index in [1.165, 1.54) is 4.88 Å². The van der Waals surface area contributed by atoms with Crippen LogP contribution >= 0.6 is 11.3 Å². The zero-order valence-electron chi connectivity index (χ0n) is 12.1. The molecule has 1 fully saturated rings. The largest absolute Gasteiger partial charge is 0.354 e. The number of nitrogens with zero attached hydrogens (tertiary/aromatic N) is 3. The second-order valence-corrected chi connectivity index (χ2v) is 8.65. The van der Waals surface area contributed by atoms with Crippen molar-refractivity contribution < 1.29 is 8.42 Å². The summed E-state index contributed by atoms with van der Waals surface area (Å²) in [5.74, 6) is 1.83. The second-order valence-electron chi connectivity index (χ2n) is 5.12. The van der Waals surface area contributed by atoms with E-state index in [1.54, 1.807) is 11.3 Å². The summed E-state index contributed by atoms with van der Waals surface area (Å²) in [7, 11) is -2.89. The number of hydrogen-bond acceptors (Lipinski definition) is 7. The van der Waals surface area contributed by atoms with Gasteiger partial charge in [-0.2, -0.15) is 4.98 Å². The van der Waals surface area contributed by atoms with Crippen LogP contribution in [-0.2, 0) is 9.84 Å². The average molecular weight is 326 g/mol. The molecule has 6 nitrogen and oxygen atoms in total. The molecule has 0 radical (unpaired) electrons. The molecule has 1 aliphatic heterocycles. The van der Waals surface area contributed by atoms with Crippen molar-refractivity contribution in [3.63, 3.8) is 0 Å². The molecule has 0 atom stereocenters. The Balaban J connectivity index is 2.03. The molecule has 1 saturated heterocycles. The molecular weight excluding hydrogens is 308 g/mol. The third kappa shape index (κ3) is 2.96. The van der Waals surface area contributed by atoms with Crippen molar-refractivity contribution in [1.82, 2.24) is 9.97 Å². The van der Waals surface area contributed by atoms with Gasteiger partial charge in [0.1, 0.15) is 10.6 Å². The Bertz CT molecular complexity index is 756. The Morgan fingerprint density at radius 3 is 2.71 bits per heavy atom. The monoisotopic (exact) mass is 326 g/mol. The van der Waals surface area contributed by atoms with Crippen LogP contribution in [-0.4, -0.2) is 49.5 Å². The predicted octanol–water partition coefficient (Wildman–Crippen LogP) is 1.67. The minimum atomic E-state index is -2.89. The Hall–Kier alpha value is -1.41. The quantitative estimate of drug-likeness (QED) is 0.925. The first kappa shape index (κ1) is 14.5. The molecule has 1 aliphatic rings. The molecule has 0 aliphatic carbocycles. The van der Waals surface area contributed by atoms with E-state index in [4.69, 9.17) is 0 Å². The summed E-state index contributed by atoms with van der Waals surface area (Å²) in [6.45, 7) is 5.79. The first-order valence-electron chi connectivity index (χ1n) is 6.96. The number of anilines is 2. The van der Waals surface area contributed by atoms with Crippen LogP contribution in [0.1, 0.15) is 11.8 Å². The summed E-state index contributed by atoms with van der Waals surface area (Å²) in [6, 6.07) is 2.08. The number of thiophene rings is 1. The van der Waals surface area contributed by atoms with E-state index < -0.39 is 9.84 Å². The van der Waals surface area contributed by atoms with Crippen LogP contribution in [0.5, 0.6) is 0 Å². The minimum absolute atomic E-state index is 0.193. The van der Waals surface area contributed by atoms with Gasteiger partial charge in [-0.15, -0.1) is 11.3 Å². The maximum Gasteiger partial charge on any atom is 0.226 e. The van der Waals surface area contributed by atoms with Crippen LogP contribution in [0.25, 0.3) is 10.2 Å². The lowest BCUT2D eigenvalue weighted by atomic mass is 10.3. The van der Waals surface area contributed by atoms with Gasteiger partial charge >= 0.3 is 0 Å². The smallest absolute Gasteiger partial charge is 0.226 e. The van der Waals surface area contributed by atoms with Gasteiger partial charge in [0.15, 0.2) is 9.84 Å². The molecule has 114 valence electrons. The fourth-order valence-corrected chi connectivity index (χ4v) is 4.50. The fourth-order valence-electron chi connectivity index (χ4n) is 2.43. The predicted molar refractivity (Wildman–Crippen MR) is 87.2 cm³/mol. The van der Waals surface area contributed by atoms with Gasteiger partial charge in [-0.05, 0) is 19.9 Å². The van der Waals surface area contributed by atoms with Gasteiger partial charge in [0.2, 0.25) is 5.95 Å². The van der Waals surface area contributed by atoms with Gasteiger partial charge in [-0.1, -0.05) is 0 Å². The molecule has 3 rings (SSSR count). The lowest BCUT2D eigenvalue weighted by molar-refractivity contribution is 0.586. The van der Waals surface area contributed by atoms with Crippen LogP contribution in [0.2, 0.25) is 0 Å². The van der Waals surface area contributed by atoms with Gasteiger partial charge in [0.25, 0.3) is 0 Å². The second kappa shape index (κ2) is 5.42. The summed E-state index contributed by atoms with van der Waals surface area (Å²) in [6.07, 6.45) is 0. The number of aromatic nitrogens is 2. The average Bonchev–Trinajstić information content (AvgIpc) is 2.79. The molecule has 0 amide bonds. The van der Waals surface area contributed by atoms with Crippen molar-refractivity contribution in [2.24, 2.45) is 0 Å². The standard InChI is InChI=1S/C13H18N4O2S2/c1-3-14-13-15-11(10-8-9(2)20-12(10)16-13)17-4-6-21(18,19)7-5-17/h8H,3-7H2,1-2H3,(H,14,15,16). The SMILES string of the molecule is CCNc1nc(N2CCS(=O)(=O)CC2)c2cc(C)sc2n1. The zero-order chi connectivity index (χ0) is 15.0. The highest BCUT2D eigenvalue weighted by molar-refractivity contribution is 7.91. The maximum absolute atomic E-state index is 11.6. The van der Waals surface area contributed by atoms with Crippen LogP contribution in [0.15, 0.2) is 6.07 Å². The Morgan fingerprint density at radius 2 is 2.05 bits per heavy atom. The third-order valence-electron chi connectivity index (χ3n) is 3.47. The molecule has 2 aromatic heterocycles. The number of fused-ring (bicyclic) bond motifs is 1. The summed E-state index contributed by atoms with van der Waals surface area (Å²) >= 11 is 1.63. The van der Waals surface area contributed by atoms with E-state index in [0.717, 1.165) is 22.6 Å². The first-order chi connectivity index (χ1) is 9.98.